The number of benzene rings is 2. The van der Waals surface area contributed by atoms with Gasteiger partial charge in [-0.25, -0.2) is 0 Å². The van der Waals surface area contributed by atoms with Gasteiger partial charge >= 0.3 is 0 Å². The van der Waals surface area contributed by atoms with Gasteiger partial charge in [0.15, 0.2) is 11.5 Å². The first kappa shape index (κ1) is 19.6. The van der Waals surface area contributed by atoms with Crippen LogP contribution in [0.15, 0.2) is 42.5 Å². The van der Waals surface area contributed by atoms with Gasteiger partial charge in [-0.2, -0.15) is 0 Å². The lowest BCUT2D eigenvalue weighted by molar-refractivity contribution is -0.126. The lowest BCUT2D eigenvalue weighted by Gasteiger charge is -2.24. The number of carbonyl (C=O) groups is 1. The summed E-state index contributed by atoms with van der Waals surface area (Å²) in [5.74, 6) is 2.01. The third kappa shape index (κ3) is 4.35. The average Bonchev–Trinajstić information content (AvgIpc) is 3.11. The molecule has 0 aliphatic carbocycles. The molecule has 6 heteroatoms. The molecule has 29 heavy (non-hydrogen) atoms. The number of ether oxygens (including phenoxy) is 3. The average molecular weight is 414 g/mol. The van der Waals surface area contributed by atoms with Crippen molar-refractivity contribution in [1.29, 1.82) is 0 Å². The van der Waals surface area contributed by atoms with Crippen LogP contribution in [0.2, 0.25) is 5.02 Å². The molecule has 4 rings (SSSR count). The molecule has 2 aliphatic rings. The van der Waals surface area contributed by atoms with E-state index in [-0.39, 0.29) is 11.9 Å². The van der Waals surface area contributed by atoms with Crippen LogP contribution < -0.4 is 14.2 Å². The number of likely N-dealkylation sites (tertiary alicyclic amines) is 1. The van der Waals surface area contributed by atoms with Crippen LogP contribution in [0.3, 0.4) is 0 Å². The molecule has 1 unspecified atom stereocenters. The Hall–Kier alpha value is -2.66. The Balaban J connectivity index is 1.50. The van der Waals surface area contributed by atoms with E-state index in [0.717, 1.165) is 42.7 Å². The van der Waals surface area contributed by atoms with Crippen molar-refractivity contribution in [2.24, 2.45) is 0 Å². The van der Waals surface area contributed by atoms with E-state index >= 15 is 0 Å². The van der Waals surface area contributed by atoms with E-state index in [1.165, 1.54) is 0 Å². The van der Waals surface area contributed by atoms with Crippen molar-refractivity contribution in [3.8, 4) is 17.2 Å². The minimum Gasteiger partial charge on any atom is -0.497 e. The molecule has 152 valence electrons. The first-order valence-corrected chi connectivity index (χ1v) is 10.3. The zero-order valence-electron chi connectivity index (χ0n) is 16.4. The molecule has 0 radical (unpaired) electrons. The standard InChI is InChI=1S/C23H24ClNO4/c1-27-18-8-6-17(7-9-18)20-4-2-11-25(20)22(26)10-5-16-14-19(24)23-21(15-16)28-12-3-13-29-23/h5-10,14-15,20H,2-4,11-13H2,1H3/b10-5+. The number of hydrogen-bond donors (Lipinski definition) is 0. The fraction of sp³-hybridized carbons (Fsp3) is 0.348. The van der Waals surface area contributed by atoms with Gasteiger partial charge in [0.2, 0.25) is 5.91 Å². The second kappa shape index (κ2) is 8.78. The summed E-state index contributed by atoms with van der Waals surface area (Å²) < 4.78 is 16.6. The van der Waals surface area contributed by atoms with Crippen LogP contribution in [-0.2, 0) is 4.79 Å². The maximum absolute atomic E-state index is 12.9. The predicted octanol–water partition coefficient (Wildman–Crippen LogP) is 4.89. The van der Waals surface area contributed by atoms with E-state index in [1.807, 2.05) is 35.2 Å². The Morgan fingerprint density at radius 2 is 1.97 bits per heavy atom. The van der Waals surface area contributed by atoms with Crippen LogP contribution in [0.4, 0.5) is 0 Å². The fourth-order valence-corrected chi connectivity index (χ4v) is 4.09. The molecule has 2 aromatic rings. The van der Waals surface area contributed by atoms with Gasteiger partial charge in [-0.15, -0.1) is 0 Å². The Labute approximate surface area is 175 Å². The van der Waals surface area contributed by atoms with Gasteiger partial charge in [0.05, 0.1) is 31.4 Å². The summed E-state index contributed by atoms with van der Waals surface area (Å²) in [6, 6.07) is 11.7. The topological polar surface area (TPSA) is 48.0 Å². The SMILES string of the molecule is COc1ccc(C2CCCN2C(=O)/C=C/c2cc(Cl)c3c(c2)OCCCO3)cc1. The van der Waals surface area contributed by atoms with E-state index in [2.05, 4.69) is 0 Å². The normalized spacial score (nSPS) is 18.7. The van der Waals surface area contributed by atoms with Crippen molar-refractivity contribution < 1.29 is 19.0 Å². The molecule has 2 heterocycles. The minimum absolute atomic E-state index is 0.00782. The van der Waals surface area contributed by atoms with Crippen molar-refractivity contribution in [3.05, 3.63) is 58.6 Å². The Bertz CT molecular complexity index is 910. The van der Waals surface area contributed by atoms with Gasteiger partial charge in [0.1, 0.15) is 5.75 Å². The third-order valence-corrected chi connectivity index (χ3v) is 5.56. The van der Waals surface area contributed by atoms with Crippen molar-refractivity contribution in [2.45, 2.75) is 25.3 Å². The number of fused-ring (bicyclic) bond motifs is 1. The molecule has 1 atom stereocenters. The number of methoxy groups -OCH3 is 1. The first-order chi connectivity index (χ1) is 14.2. The van der Waals surface area contributed by atoms with E-state index in [1.54, 1.807) is 25.3 Å². The molecular formula is C23H24ClNO4. The molecule has 1 saturated heterocycles. The van der Waals surface area contributed by atoms with Gasteiger partial charge < -0.3 is 19.1 Å². The molecule has 5 nitrogen and oxygen atoms in total. The number of halogens is 1. The quantitative estimate of drug-likeness (QED) is 0.670. The molecule has 0 spiro atoms. The fourth-order valence-electron chi connectivity index (χ4n) is 3.81. The van der Waals surface area contributed by atoms with Gasteiger partial charge in [0.25, 0.3) is 0 Å². The largest absolute Gasteiger partial charge is 0.497 e. The maximum Gasteiger partial charge on any atom is 0.247 e. The van der Waals surface area contributed by atoms with E-state index in [9.17, 15) is 4.79 Å². The van der Waals surface area contributed by atoms with Gasteiger partial charge in [-0.05, 0) is 54.3 Å². The summed E-state index contributed by atoms with van der Waals surface area (Å²) in [6.45, 7) is 1.93. The molecule has 2 aliphatic heterocycles. The second-order valence-corrected chi connectivity index (χ2v) is 7.58. The molecule has 1 amide bonds. The van der Waals surface area contributed by atoms with E-state index in [0.29, 0.717) is 29.7 Å². The van der Waals surface area contributed by atoms with Crippen molar-refractivity contribution in [2.75, 3.05) is 26.9 Å². The molecule has 0 saturated carbocycles. The van der Waals surface area contributed by atoms with E-state index in [4.69, 9.17) is 25.8 Å². The van der Waals surface area contributed by atoms with Crippen LogP contribution in [-0.4, -0.2) is 37.7 Å². The number of carbonyl (C=O) groups excluding carboxylic acids is 1. The molecule has 1 fully saturated rings. The predicted molar refractivity (Wildman–Crippen MR) is 113 cm³/mol. The van der Waals surface area contributed by atoms with E-state index < -0.39 is 0 Å². The minimum atomic E-state index is -0.00782. The van der Waals surface area contributed by atoms with Crippen LogP contribution in [0.5, 0.6) is 17.2 Å². The number of nitrogens with zero attached hydrogens (tertiary/aromatic N) is 1. The van der Waals surface area contributed by atoms with Gasteiger partial charge in [-0.1, -0.05) is 23.7 Å². The second-order valence-electron chi connectivity index (χ2n) is 7.18. The smallest absolute Gasteiger partial charge is 0.247 e. The maximum atomic E-state index is 12.9. The summed E-state index contributed by atoms with van der Waals surface area (Å²) in [5.41, 5.74) is 1.94. The summed E-state index contributed by atoms with van der Waals surface area (Å²) in [7, 11) is 1.65. The highest BCUT2D eigenvalue weighted by Gasteiger charge is 2.28. The van der Waals surface area contributed by atoms with Crippen molar-refractivity contribution in [3.63, 3.8) is 0 Å². The van der Waals surface area contributed by atoms with Crippen molar-refractivity contribution >= 4 is 23.6 Å². The zero-order valence-corrected chi connectivity index (χ0v) is 17.2. The highest BCUT2D eigenvalue weighted by Crippen LogP contribution is 2.38. The molecule has 0 N–H and O–H groups in total. The zero-order chi connectivity index (χ0) is 20.2. The summed E-state index contributed by atoms with van der Waals surface area (Å²) >= 11 is 6.35. The Kier molecular flexibility index (Phi) is 5.95. The Morgan fingerprint density at radius 1 is 1.17 bits per heavy atom. The summed E-state index contributed by atoms with van der Waals surface area (Å²) in [6.07, 6.45) is 6.16. The Morgan fingerprint density at radius 3 is 2.76 bits per heavy atom. The van der Waals surface area contributed by atoms with Crippen LogP contribution in [0.25, 0.3) is 6.08 Å². The number of rotatable bonds is 4. The summed E-state index contributed by atoms with van der Waals surface area (Å²) in [4.78, 5) is 14.8. The molecule has 0 aromatic heterocycles. The van der Waals surface area contributed by atoms with Crippen LogP contribution in [0.1, 0.15) is 36.4 Å². The summed E-state index contributed by atoms with van der Waals surface area (Å²) in [5, 5.41) is 0.494. The van der Waals surface area contributed by atoms with Crippen molar-refractivity contribution in [1.82, 2.24) is 4.90 Å². The lowest BCUT2D eigenvalue weighted by atomic mass is 10.0. The lowest BCUT2D eigenvalue weighted by Crippen LogP contribution is -2.28. The molecule has 2 aromatic carbocycles. The van der Waals surface area contributed by atoms with Crippen LogP contribution in [0, 0.1) is 0 Å². The van der Waals surface area contributed by atoms with Gasteiger partial charge in [-0.3, -0.25) is 4.79 Å². The highest BCUT2D eigenvalue weighted by atomic mass is 35.5. The highest BCUT2D eigenvalue weighted by molar-refractivity contribution is 6.32. The number of amides is 1. The number of hydrogen-bond acceptors (Lipinski definition) is 4. The molecule has 0 bridgehead atoms. The third-order valence-electron chi connectivity index (χ3n) is 5.28. The first-order valence-electron chi connectivity index (χ1n) is 9.87. The van der Waals surface area contributed by atoms with Gasteiger partial charge in [0, 0.05) is 19.0 Å². The van der Waals surface area contributed by atoms with Crippen LogP contribution >= 0.6 is 11.6 Å². The monoisotopic (exact) mass is 413 g/mol. The molecular weight excluding hydrogens is 390 g/mol.